The van der Waals surface area contributed by atoms with Crippen molar-refractivity contribution in [2.75, 3.05) is 11.4 Å². The van der Waals surface area contributed by atoms with E-state index in [2.05, 4.69) is 4.72 Å². The van der Waals surface area contributed by atoms with Gasteiger partial charge in [0, 0.05) is 24.2 Å². The van der Waals surface area contributed by atoms with Gasteiger partial charge in [-0.2, -0.15) is 0 Å². The lowest BCUT2D eigenvalue weighted by atomic mass is 10.1. The number of fused-ring (bicyclic) bond motifs is 1. The minimum Gasteiger partial charge on any atom is -0.309 e. The summed E-state index contributed by atoms with van der Waals surface area (Å²) in [5, 5.41) is 0. The molecule has 5 nitrogen and oxygen atoms in total. The molecule has 1 saturated carbocycles. The van der Waals surface area contributed by atoms with Crippen molar-refractivity contribution >= 4 is 21.6 Å². The van der Waals surface area contributed by atoms with Crippen LogP contribution < -0.4 is 9.62 Å². The molecule has 1 fully saturated rings. The maximum atomic E-state index is 12.6. The van der Waals surface area contributed by atoms with Gasteiger partial charge in [0.2, 0.25) is 15.9 Å². The molecule has 0 aromatic heterocycles. The van der Waals surface area contributed by atoms with Gasteiger partial charge in [0.25, 0.3) is 0 Å². The maximum Gasteiger partial charge on any atom is 0.240 e. The van der Waals surface area contributed by atoms with E-state index in [9.17, 15) is 13.2 Å². The Kier molecular flexibility index (Phi) is 4.78. The number of rotatable bonds is 6. The molecule has 1 heterocycles. The molecular weight excluding hydrogens is 360 g/mol. The summed E-state index contributed by atoms with van der Waals surface area (Å²) in [6.07, 6.45) is 3.28. The molecule has 0 spiro atoms. The second-order valence-electron chi connectivity index (χ2n) is 7.46. The zero-order valence-corrected chi connectivity index (χ0v) is 16.2. The first-order valence-electron chi connectivity index (χ1n) is 9.45. The molecule has 1 aliphatic heterocycles. The quantitative estimate of drug-likeness (QED) is 0.833. The van der Waals surface area contributed by atoms with Crippen LogP contribution in [0.2, 0.25) is 0 Å². The highest BCUT2D eigenvalue weighted by molar-refractivity contribution is 7.89. The summed E-state index contributed by atoms with van der Waals surface area (Å²) >= 11 is 0. The van der Waals surface area contributed by atoms with Crippen LogP contribution >= 0.6 is 0 Å². The molecule has 1 aliphatic carbocycles. The molecule has 0 radical (unpaired) electrons. The van der Waals surface area contributed by atoms with Gasteiger partial charge < -0.3 is 4.90 Å². The Morgan fingerprint density at radius 2 is 1.89 bits per heavy atom. The lowest BCUT2D eigenvalue weighted by Crippen LogP contribution is -2.36. The Labute approximate surface area is 160 Å². The lowest BCUT2D eigenvalue weighted by molar-refractivity contribution is -0.120. The molecule has 2 aromatic rings. The fraction of sp³-hybridized carbons (Fsp3) is 0.381. The van der Waals surface area contributed by atoms with Crippen molar-refractivity contribution in [1.29, 1.82) is 0 Å². The van der Waals surface area contributed by atoms with E-state index in [4.69, 9.17) is 0 Å². The largest absolute Gasteiger partial charge is 0.309 e. The Balaban J connectivity index is 1.48. The summed E-state index contributed by atoms with van der Waals surface area (Å²) in [6.45, 7) is 2.37. The monoisotopic (exact) mass is 384 g/mol. The number of nitrogens with zero attached hydrogens (tertiary/aromatic N) is 1. The number of anilines is 1. The summed E-state index contributed by atoms with van der Waals surface area (Å²) in [5.74, 6) is 0.333. The van der Waals surface area contributed by atoms with Crippen molar-refractivity contribution in [2.24, 2.45) is 5.92 Å². The van der Waals surface area contributed by atoms with Crippen LogP contribution in [0, 0.1) is 5.92 Å². The fourth-order valence-corrected chi connectivity index (χ4v) is 4.78. The van der Waals surface area contributed by atoms with E-state index in [1.165, 1.54) is 0 Å². The van der Waals surface area contributed by atoms with Crippen molar-refractivity contribution in [1.82, 2.24) is 4.72 Å². The zero-order valence-electron chi connectivity index (χ0n) is 15.4. The van der Waals surface area contributed by atoms with Gasteiger partial charge in [-0.05, 0) is 61.9 Å². The van der Waals surface area contributed by atoms with Gasteiger partial charge in [0.1, 0.15) is 0 Å². The van der Waals surface area contributed by atoms with Crippen molar-refractivity contribution in [2.45, 2.75) is 43.5 Å². The molecule has 27 heavy (non-hydrogen) atoms. The fourth-order valence-electron chi connectivity index (χ4n) is 3.70. The number of carbonyl (C=O) groups excluding carboxylic acids is 1. The van der Waals surface area contributed by atoms with Gasteiger partial charge in [-0.25, -0.2) is 13.1 Å². The van der Waals surface area contributed by atoms with Crippen molar-refractivity contribution in [3.8, 4) is 0 Å². The highest BCUT2D eigenvalue weighted by atomic mass is 32.2. The van der Waals surface area contributed by atoms with Gasteiger partial charge >= 0.3 is 0 Å². The molecule has 1 N–H and O–H groups in total. The predicted molar refractivity (Wildman–Crippen MR) is 105 cm³/mol. The molecule has 2 aromatic carbocycles. The number of carbonyl (C=O) groups is 1. The van der Waals surface area contributed by atoms with Crippen LogP contribution in [0.4, 0.5) is 5.69 Å². The maximum absolute atomic E-state index is 12.6. The van der Waals surface area contributed by atoms with Crippen LogP contribution in [-0.4, -0.2) is 26.9 Å². The predicted octanol–water partition coefficient (Wildman–Crippen LogP) is 2.90. The standard InChI is InChI=1S/C21H24N2O3S/c1-15-13-18-14-19(9-10-20(18)23(15)21(24)17-7-8-17)27(25,26)22-12-11-16-5-3-2-4-6-16/h2-6,9-10,14-15,17,22H,7-8,11-13H2,1H3/t15-/m0/s1. The number of hydrogen-bond donors (Lipinski definition) is 1. The van der Waals surface area contributed by atoms with Crippen molar-refractivity contribution in [3.05, 3.63) is 59.7 Å². The average molecular weight is 385 g/mol. The normalized spacial score (nSPS) is 19.1. The van der Waals surface area contributed by atoms with Crippen LogP contribution in [0.25, 0.3) is 0 Å². The van der Waals surface area contributed by atoms with E-state index < -0.39 is 10.0 Å². The van der Waals surface area contributed by atoms with Crippen molar-refractivity contribution < 1.29 is 13.2 Å². The summed E-state index contributed by atoms with van der Waals surface area (Å²) in [5.41, 5.74) is 2.89. The minimum absolute atomic E-state index is 0.0806. The Morgan fingerprint density at radius 1 is 1.15 bits per heavy atom. The average Bonchev–Trinajstić information content (AvgIpc) is 3.44. The Bertz CT molecular complexity index is 953. The number of sulfonamides is 1. The summed E-state index contributed by atoms with van der Waals surface area (Å²) < 4.78 is 28.0. The Hall–Kier alpha value is -2.18. The summed E-state index contributed by atoms with van der Waals surface area (Å²) in [7, 11) is -3.56. The summed E-state index contributed by atoms with van der Waals surface area (Å²) in [6, 6.07) is 15.0. The summed E-state index contributed by atoms with van der Waals surface area (Å²) in [4.78, 5) is 14.7. The smallest absolute Gasteiger partial charge is 0.240 e. The first-order valence-corrected chi connectivity index (χ1v) is 10.9. The first kappa shape index (κ1) is 18.2. The van der Waals surface area contributed by atoms with Crippen LogP contribution in [0.5, 0.6) is 0 Å². The zero-order chi connectivity index (χ0) is 19.0. The molecule has 6 heteroatoms. The second kappa shape index (κ2) is 7.09. The second-order valence-corrected chi connectivity index (χ2v) is 9.23. The molecule has 4 rings (SSSR count). The molecule has 1 atom stereocenters. The third kappa shape index (κ3) is 3.77. The molecular formula is C21H24N2O3S. The van der Waals surface area contributed by atoms with Crippen LogP contribution in [0.3, 0.4) is 0 Å². The van der Waals surface area contributed by atoms with Gasteiger partial charge in [-0.1, -0.05) is 30.3 Å². The topological polar surface area (TPSA) is 66.5 Å². The number of nitrogens with one attached hydrogen (secondary N) is 1. The SMILES string of the molecule is C[C@H]1Cc2cc(S(=O)(=O)NCCc3ccccc3)ccc2N1C(=O)C1CC1. The Morgan fingerprint density at radius 3 is 2.59 bits per heavy atom. The van der Waals surface area contributed by atoms with Gasteiger partial charge in [-0.3, -0.25) is 4.79 Å². The number of hydrogen-bond acceptors (Lipinski definition) is 3. The molecule has 0 saturated heterocycles. The molecule has 142 valence electrons. The van der Waals surface area contributed by atoms with Gasteiger partial charge in [0.05, 0.1) is 4.90 Å². The molecule has 2 aliphatic rings. The van der Waals surface area contributed by atoms with E-state index in [1.807, 2.05) is 42.2 Å². The van der Waals surface area contributed by atoms with Crippen LogP contribution in [0.1, 0.15) is 30.9 Å². The molecule has 1 amide bonds. The third-order valence-corrected chi connectivity index (χ3v) is 6.75. The van der Waals surface area contributed by atoms with E-state index in [0.29, 0.717) is 19.4 Å². The van der Waals surface area contributed by atoms with E-state index in [1.54, 1.807) is 18.2 Å². The van der Waals surface area contributed by atoms with Crippen LogP contribution in [0.15, 0.2) is 53.4 Å². The lowest BCUT2D eigenvalue weighted by Gasteiger charge is -2.22. The highest BCUT2D eigenvalue weighted by Crippen LogP contribution is 2.39. The van der Waals surface area contributed by atoms with Gasteiger partial charge in [-0.15, -0.1) is 0 Å². The van der Waals surface area contributed by atoms with E-state index in [0.717, 1.165) is 29.7 Å². The van der Waals surface area contributed by atoms with Crippen molar-refractivity contribution in [3.63, 3.8) is 0 Å². The molecule has 0 unspecified atom stereocenters. The number of amides is 1. The van der Waals surface area contributed by atoms with Gasteiger partial charge in [0.15, 0.2) is 0 Å². The van der Waals surface area contributed by atoms with E-state index in [-0.39, 0.29) is 22.8 Å². The highest BCUT2D eigenvalue weighted by Gasteiger charge is 2.39. The number of benzene rings is 2. The minimum atomic E-state index is -3.56. The first-order chi connectivity index (χ1) is 13.0. The molecule has 0 bridgehead atoms. The van der Waals surface area contributed by atoms with Crippen LogP contribution in [-0.2, 0) is 27.7 Å². The third-order valence-electron chi connectivity index (χ3n) is 5.29. The van der Waals surface area contributed by atoms with E-state index >= 15 is 0 Å².